The van der Waals surface area contributed by atoms with Gasteiger partial charge in [0.25, 0.3) is 0 Å². The lowest BCUT2D eigenvalue weighted by atomic mass is 10.2. The predicted octanol–water partition coefficient (Wildman–Crippen LogP) is 2.57. The average Bonchev–Trinajstić information content (AvgIpc) is 2.69. The van der Waals surface area contributed by atoms with Gasteiger partial charge in [-0.3, -0.25) is 4.90 Å². The number of aryl methyl sites for hydroxylation is 1. The van der Waals surface area contributed by atoms with Gasteiger partial charge in [0.05, 0.1) is 12.8 Å². The molecule has 0 amide bonds. The Kier molecular flexibility index (Phi) is 8.23. The lowest BCUT2D eigenvalue weighted by Crippen LogP contribution is -2.49. The SMILES string of the molecule is COc1ccccc1N1CCN(CC(O)COc2ccc(N)c(C)c2)CC1.Cl. The van der Waals surface area contributed by atoms with Gasteiger partial charge in [-0.05, 0) is 42.8 Å². The van der Waals surface area contributed by atoms with Crippen LogP contribution in [0.5, 0.6) is 11.5 Å². The first-order valence-corrected chi connectivity index (χ1v) is 9.34. The normalized spacial score (nSPS) is 15.6. The standard InChI is InChI=1S/C21H29N3O3.ClH/c1-16-13-18(7-8-19(16)22)27-15-17(25)14-23-9-11-24(12-10-23)20-5-3-4-6-21(20)26-2;/h3-8,13,17,25H,9-12,14-15,22H2,1-2H3;1H. The highest BCUT2D eigenvalue weighted by atomic mass is 35.5. The molecule has 0 bridgehead atoms. The minimum atomic E-state index is -0.527. The first kappa shape index (κ1) is 22.1. The van der Waals surface area contributed by atoms with E-state index in [0.717, 1.165) is 54.6 Å². The van der Waals surface area contributed by atoms with Gasteiger partial charge >= 0.3 is 0 Å². The Morgan fingerprint density at radius 2 is 1.82 bits per heavy atom. The maximum absolute atomic E-state index is 10.3. The molecule has 2 aromatic rings. The molecule has 0 saturated carbocycles. The number of piperazine rings is 1. The fraction of sp³-hybridized carbons (Fsp3) is 0.429. The van der Waals surface area contributed by atoms with Crippen LogP contribution in [0.25, 0.3) is 0 Å². The van der Waals surface area contributed by atoms with Crippen molar-refractivity contribution in [3.8, 4) is 11.5 Å². The molecule has 3 N–H and O–H groups in total. The quantitative estimate of drug-likeness (QED) is 0.687. The zero-order chi connectivity index (χ0) is 19.2. The highest BCUT2D eigenvalue weighted by Crippen LogP contribution is 2.28. The molecular weight excluding hydrogens is 378 g/mol. The fourth-order valence-corrected chi connectivity index (χ4v) is 3.34. The van der Waals surface area contributed by atoms with E-state index in [4.69, 9.17) is 15.2 Å². The number of hydrogen-bond acceptors (Lipinski definition) is 6. The second-order valence-corrected chi connectivity index (χ2v) is 6.94. The molecule has 0 spiro atoms. The molecule has 1 heterocycles. The maximum Gasteiger partial charge on any atom is 0.142 e. The van der Waals surface area contributed by atoms with Crippen LogP contribution in [0.2, 0.25) is 0 Å². The van der Waals surface area contributed by atoms with Crippen LogP contribution in [0.3, 0.4) is 0 Å². The molecule has 0 radical (unpaired) electrons. The van der Waals surface area contributed by atoms with Gasteiger partial charge in [-0.15, -0.1) is 12.4 Å². The average molecular weight is 408 g/mol. The minimum Gasteiger partial charge on any atom is -0.495 e. The van der Waals surface area contributed by atoms with Gasteiger partial charge < -0.3 is 25.2 Å². The number of ether oxygens (including phenoxy) is 2. The highest BCUT2D eigenvalue weighted by Gasteiger charge is 2.21. The number of anilines is 2. The van der Waals surface area contributed by atoms with Gasteiger partial charge in [-0.25, -0.2) is 0 Å². The number of methoxy groups -OCH3 is 1. The van der Waals surface area contributed by atoms with Crippen molar-refractivity contribution in [2.75, 3.05) is 57.1 Å². The Balaban J connectivity index is 0.00000280. The summed E-state index contributed by atoms with van der Waals surface area (Å²) in [4.78, 5) is 4.60. The second kappa shape index (κ2) is 10.4. The summed E-state index contributed by atoms with van der Waals surface area (Å²) in [6.07, 6.45) is -0.527. The zero-order valence-corrected chi connectivity index (χ0v) is 17.3. The van der Waals surface area contributed by atoms with Crippen molar-refractivity contribution in [1.29, 1.82) is 0 Å². The Bertz CT molecular complexity index is 751. The van der Waals surface area contributed by atoms with E-state index in [1.807, 2.05) is 43.3 Å². The second-order valence-electron chi connectivity index (χ2n) is 6.94. The molecule has 1 aliphatic rings. The molecule has 1 fully saturated rings. The molecule has 28 heavy (non-hydrogen) atoms. The third-order valence-corrected chi connectivity index (χ3v) is 4.95. The maximum atomic E-state index is 10.3. The molecule has 2 aromatic carbocycles. The molecule has 0 aliphatic carbocycles. The summed E-state index contributed by atoms with van der Waals surface area (Å²) in [7, 11) is 1.70. The van der Waals surface area contributed by atoms with Crippen LogP contribution in [0.15, 0.2) is 42.5 Å². The Labute approximate surface area is 173 Å². The number of hydrogen-bond donors (Lipinski definition) is 2. The first-order valence-electron chi connectivity index (χ1n) is 9.34. The molecule has 6 nitrogen and oxygen atoms in total. The van der Waals surface area contributed by atoms with E-state index in [0.29, 0.717) is 6.54 Å². The highest BCUT2D eigenvalue weighted by molar-refractivity contribution is 5.85. The summed E-state index contributed by atoms with van der Waals surface area (Å²) in [5.74, 6) is 1.64. The lowest BCUT2D eigenvalue weighted by molar-refractivity contribution is 0.0662. The number of para-hydroxylation sites is 2. The van der Waals surface area contributed by atoms with Crippen molar-refractivity contribution < 1.29 is 14.6 Å². The van der Waals surface area contributed by atoms with Crippen LogP contribution in [0, 0.1) is 6.92 Å². The number of halogens is 1. The van der Waals surface area contributed by atoms with Crippen LogP contribution in [0.4, 0.5) is 11.4 Å². The molecule has 7 heteroatoms. The lowest BCUT2D eigenvalue weighted by Gasteiger charge is -2.37. The van der Waals surface area contributed by atoms with Crippen LogP contribution in [-0.2, 0) is 0 Å². The minimum absolute atomic E-state index is 0. The molecule has 1 aliphatic heterocycles. The number of nitrogens with zero attached hydrogens (tertiary/aromatic N) is 2. The summed E-state index contributed by atoms with van der Waals surface area (Å²) in [6.45, 7) is 6.44. The monoisotopic (exact) mass is 407 g/mol. The largest absolute Gasteiger partial charge is 0.495 e. The Hall–Kier alpha value is -2.15. The summed E-state index contributed by atoms with van der Waals surface area (Å²) < 4.78 is 11.2. The Morgan fingerprint density at radius 3 is 2.50 bits per heavy atom. The van der Waals surface area contributed by atoms with Crippen molar-refractivity contribution in [2.24, 2.45) is 0 Å². The van der Waals surface area contributed by atoms with E-state index in [-0.39, 0.29) is 19.0 Å². The third kappa shape index (κ3) is 5.67. The zero-order valence-electron chi connectivity index (χ0n) is 16.5. The van der Waals surface area contributed by atoms with Crippen molar-refractivity contribution in [3.05, 3.63) is 48.0 Å². The molecule has 154 valence electrons. The van der Waals surface area contributed by atoms with E-state index in [1.54, 1.807) is 7.11 Å². The van der Waals surface area contributed by atoms with Crippen molar-refractivity contribution in [3.63, 3.8) is 0 Å². The van der Waals surface area contributed by atoms with Crippen molar-refractivity contribution >= 4 is 23.8 Å². The fourth-order valence-electron chi connectivity index (χ4n) is 3.34. The van der Waals surface area contributed by atoms with E-state index in [9.17, 15) is 5.11 Å². The molecule has 1 unspecified atom stereocenters. The molecule has 0 aromatic heterocycles. The number of rotatable bonds is 7. The van der Waals surface area contributed by atoms with E-state index in [2.05, 4.69) is 15.9 Å². The Morgan fingerprint density at radius 1 is 1.11 bits per heavy atom. The van der Waals surface area contributed by atoms with Gasteiger partial charge in [0.1, 0.15) is 24.2 Å². The van der Waals surface area contributed by atoms with Crippen LogP contribution >= 0.6 is 12.4 Å². The van der Waals surface area contributed by atoms with E-state index in [1.165, 1.54) is 0 Å². The smallest absolute Gasteiger partial charge is 0.142 e. The van der Waals surface area contributed by atoms with Gasteiger partial charge in [0.15, 0.2) is 0 Å². The number of β-amino-alcohol motifs (C(OH)–C–C–N with tert-alkyl or cyclic N) is 1. The van der Waals surface area contributed by atoms with Crippen LogP contribution < -0.4 is 20.1 Å². The molecule has 1 atom stereocenters. The molecule has 3 rings (SSSR count). The first-order chi connectivity index (χ1) is 13.1. The van der Waals surface area contributed by atoms with E-state index >= 15 is 0 Å². The number of nitrogens with two attached hydrogens (primary N) is 1. The van der Waals surface area contributed by atoms with E-state index < -0.39 is 6.10 Å². The molecular formula is C21H30ClN3O3. The van der Waals surface area contributed by atoms with Gasteiger partial charge in [0.2, 0.25) is 0 Å². The van der Waals surface area contributed by atoms with Gasteiger partial charge in [-0.2, -0.15) is 0 Å². The predicted molar refractivity (Wildman–Crippen MR) is 116 cm³/mol. The van der Waals surface area contributed by atoms with Crippen molar-refractivity contribution in [2.45, 2.75) is 13.0 Å². The topological polar surface area (TPSA) is 71.2 Å². The number of benzene rings is 2. The van der Waals surface area contributed by atoms with Crippen LogP contribution in [0.1, 0.15) is 5.56 Å². The number of aliphatic hydroxyl groups excluding tert-OH is 1. The number of aliphatic hydroxyl groups is 1. The summed E-state index contributed by atoms with van der Waals surface area (Å²) >= 11 is 0. The van der Waals surface area contributed by atoms with Crippen molar-refractivity contribution in [1.82, 2.24) is 4.90 Å². The number of nitrogen functional groups attached to an aromatic ring is 1. The summed E-state index contributed by atoms with van der Waals surface area (Å²) in [6, 6.07) is 13.7. The molecule has 1 saturated heterocycles. The van der Waals surface area contributed by atoms with Gasteiger partial charge in [0, 0.05) is 38.4 Å². The van der Waals surface area contributed by atoms with Crippen LogP contribution in [-0.4, -0.2) is 62.6 Å². The van der Waals surface area contributed by atoms with Gasteiger partial charge in [-0.1, -0.05) is 12.1 Å². The summed E-state index contributed by atoms with van der Waals surface area (Å²) in [5.41, 5.74) is 8.67. The summed E-state index contributed by atoms with van der Waals surface area (Å²) in [5, 5.41) is 10.3. The third-order valence-electron chi connectivity index (χ3n) is 4.95.